The van der Waals surface area contributed by atoms with E-state index in [-0.39, 0.29) is 17.8 Å². The lowest BCUT2D eigenvalue weighted by Gasteiger charge is -2.53. The Kier molecular flexibility index (Phi) is 6.98. The quantitative estimate of drug-likeness (QED) is 0.168. The number of aryl methyl sites for hydroxylation is 4. The second-order valence-corrected chi connectivity index (χ2v) is 16.9. The van der Waals surface area contributed by atoms with Crippen molar-refractivity contribution in [2.75, 3.05) is 9.71 Å². The minimum Gasteiger partial charge on any atom is -0.376 e. The Labute approximate surface area is 310 Å². The maximum absolute atomic E-state index is 2.90. The number of unbranched alkanes of at least 4 members (excludes halogenated alkanes) is 1. The Balaban J connectivity index is 1.39. The Morgan fingerprint density at radius 2 is 1.48 bits per heavy atom. The van der Waals surface area contributed by atoms with Gasteiger partial charge in [0, 0.05) is 39.1 Å². The number of rotatable bonds is 5. The molecule has 6 aromatic carbocycles. The Morgan fingerprint density at radius 3 is 2.27 bits per heavy atom. The zero-order valence-electron chi connectivity index (χ0n) is 31.7. The van der Waals surface area contributed by atoms with Crippen molar-refractivity contribution in [2.24, 2.45) is 0 Å². The van der Waals surface area contributed by atoms with Gasteiger partial charge in [-0.1, -0.05) is 118 Å². The van der Waals surface area contributed by atoms with Crippen LogP contribution < -0.4 is 20.6 Å². The third kappa shape index (κ3) is 4.20. The summed E-state index contributed by atoms with van der Waals surface area (Å²) in [6.45, 7) is 14.5. The molecule has 1 saturated carbocycles. The van der Waals surface area contributed by atoms with Crippen LogP contribution in [0.1, 0.15) is 87.1 Å². The van der Waals surface area contributed by atoms with E-state index in [1.165, 1.54) is 127 Å². The highest BCUT2D eigenvalue weighted by atomic mass is 15.3. The van der Waals surface area contributed by atoms with E-state index in [4.69, 9.17) is 0 Å². The van der Waals surface area contributed by atoms with E-state index >= 15 is 0 Å². The molecule has 0 spiro atoms. The molecule has 0 amide bonds. The Hall–Kier alpha value is -4.76. The number of benzene rings is 6. The van der Waals surface area contributed by atoms with Gasteiger partial charge in [-0.2, -0.15) is 0 Å². The summed E-state index contributed by atoms with van der Waals surface area (Å²) >= 11 is 0. The van der Waals surface area contributed by atoms with Crippen LogP contribution in [0.15, 0.2) is 103 Å². The van der Waals surface area contributed by atoms with Crippen LogP contribution in [-0.2, 0) is 11.8 Å². The number of hydrogen-bond acceptors (Lipinski definition) is 2. The van der Waals surface area contributed by atoms with Crippen LogP contribution in [-0.4, -0.2) is 12.4 Å². The van der Waals surface area contributed by atoms with Gasteiger partial charge in [0.25, 0.3) is 0 Å². The van der Waals surface area contributed by atoms with Crippen LogP contribution in [0.5, 0.6) is 0 Å². The molecule has 2 nitrogen and oxygen atoms in total. The Morgan fingerprint density at radius 1 is 0.731 bits per heavy atom. The average molecular weight is 677 g/mol. The van der Waals surface area contributed by atoms with E-state index in [0.717, 1.165) is 6.42 Å². The van der Waals surface area contributed by atoms with Gasteiger partial charge in [-0.05, 0) is 133 Å². The lowest BCUT2D eigenvalue weighted by atomic mass is 9.43. The molecule has 3 aliphatic heterocycles. The summed E-state index contributed by atoms with van der Waals surface area (Å²) in [5.41, 5.74) is 21.1. The standard InChI is InChI=1S/C49H49BN2/c1-7-8-16-34-27-41-47-42(28-34)50-45-40(39-22-21-35-17-12-13-20-38(35)46(39)52(50)37-18-10-9-11-19-37)29-36(44-32(3)25-31(2)26-33(44)4)30-43(45)51(47)49(6)24-15-14-23-48(41,49)5/h9-13,17-22,25-30H,7-8,14-16,23-24H2,1-6H3. The number of nitrogens with zero attached hydrogens (tertiary/aromatic N) is 2. The largest absolute Gasteiger partial charge is 0.376 e. The molecule has 3 heterocycles. The fourth-order valence-electron chi connectivity index (χ4n) is 11.3. The zero-order chi connectivity index (χ0) is 35.5. The molecule has 2 atom stereocenters. The molecule has 1 fully saturated rings. The predicted octanol–water partition coefficient (Wildman–Crippen LogP) is 11.8. The van der Waals surface area contributed by atoms with Crippen molar-refractivity contribution < 1.29 is 0 Å². The molecular weight excluding hydrogens is 627 g/mol. The maximum Gasteiger partial charge on any atom is 0.333 e. The highest BCUT2D eigenvalue weighted by Gasteiger charge is 2.62. The first kappa shape index (κ1) is 31.9. The normalized spacial score (nSPS) is 20.8. The molecule has 258 valence electrons. The first-order chi connectivity index (χ1) is 25.2. The molecule has 0 saturated heterocycles. The summed E-state index contributed by atoms with van der Waals surface area (Å²) in [7, 11) is 0. The van der Waals surface area contributed by atoms with E-state index in [0.29, 0.717) is 0 Å². The number of para-hydroxylation sites is 1. The van der Waals surface area contributed by atoms with Gasteiger partial charge in [0.1, 0.15) is 0 Å². The van der Waals surface area contributed by atoms with E-state index in [1.807, 2.05) is 0 Å². The van der Waals surface area contributed by atoms with Crippen molar-refractivity contribution in [1.82, 2.24) is 0 Å². The van der Waals surface area contributed by atoms with Gasteiger partial charge in [0.15, 0.2) is 0 Å². The molecule has 10 rings (SSSR count). The smallest absolute Gasteiger partial charge is 0.333 e. The molecule has 0 aromatic heterocycles. The van der Waals surface area contributed by atoms with Crippen molar-refractivity contribution in [1.29, 1.82) is 0 Å². The maximum atomic E-state index is 2.90. The van der Waals surface area contributed by atoms with Crippen molar-refractivity contribution in [3.05, 3.63) is 131 Å². The summed E-state index contributed by atoms with van der Waals surface area (Å²) in [5, 5.41) is 2.61. The van der Waals surface area contributed by atoms with Crippen LogP contribution in [0.2, 0.25) is 0 Å². The Bertz CT molecular complexity index is 2420. The van der Waals surface area contributed by atoms with Crippen LogP contribution in [0.3, 0.4) is 0 Å². The lowest BCUT2D eigenvalue weighted by molar-refractivity contribution is 0.195. The lowest BCUT2D eigenvalue weighted by Crippen LogP contribution is -2.64. The van der Waals surface area contributed by atoms with E-state index in [2.05, 4.69) is 154 Å². The highest BCUT2D eigenvalue weighted by Crippen LogP contribution is 2.62. The van der Waals surface area contributed by atoms with Gasteiger partial charge in [0.05, 0.1) is 5.54 Å². The molecular formula is C49H49BN2. The van der Waals surface area contributed by atoms with E-state index < -0.39 is 0 Å². The van der Waals surface area contributed by atoms with Crippen molar-refractivity contribution in [3.63, 3.8) is 0 Å². The van der Waals surface area contributed by atoms with Crippen LogP contribution in [0.4, 0.5) is 22.7 Å². The summed E-state index contributed by atoms with van der Waals surface area (Å²) < 4.78 is 0. The van der Waals surface area contributed by atoms with Gasteiger partial charge in [-0.3, -0.25) is 0 Å². The number of anilines is 4. The SMILES string of the molecule is CCCCc1cc2c3c(c1)C1(C)CCCCC1(C)N3c1cc(-c3c(C)cc(C)cc3C)cc3c1B2N(c1ccccc1)c1c-3ccc2ccccc12. The van der Waals surface area contributed by atoms with Gasteiger partial charge >= 0.3 is 6.85 Å². The first-order valence-corrected chi connectivity index (χ1v) is 19.8. The molecule has 0 bridgehead atoms. The predicted molar refractivity (Wildman–Crippen MR) is 224 cm³/mol. The third-order valence-electron chi connectivity index (χ3n) is 13.8. The van der Waals surface area contributed by atoms with Crippen molar-refractivity contribution in [2.45, 2.75) is 97.4 Å². The molecule has 2 unspecified atom stereocenters. The average Bonchev–Trinajstić information content (AvgIpc) is 3.35. The summed E-state index contributed by atoms with van der Waals surface area (Å²) in [6, 6.07) is 40.3. The molecule has 4 aliphatic rings. The molecule has 3 heteroatoms. The van der Waals surface area contributed by atoms with Crippen molar-refractivity contribution in [3.8, 4) is 22.3 Å². The molecule has 6 aromatic rings. The molecule has 0 radical (unpaired) electrons. The van der Waals surface area contributed by atoms with Gasteiger partial charge in [-0.15, -0.1) is 0 Å². The number of hydrogen-bond donors (Lipinski definition) is 0. The minimum atomic E-state index is -0.0122. The van der Waals surface area contributed by atoms with Crippen LogP contribution >= 0.6 is 0 Å². The minimum absolute atomic E-state index is 0.0122. The van der Waals surface area contributed by atoms with Gasteiger partial charge in [-0.25, -0.2) is 0 Å². The number of fused-ring (bicyclic) bond motifs is 9. The molecule has 0 N–H and O–H groups in total. The van der Waals surface area contributed by atoms with E-state index in [1.54, 1.807) is 5.56 Å². The summed E-state index contributed by atoms with van der Waals surface area (Å²) in [6.07, 6.45) is 8.58. The first-order valence-electron chi connectivity index (χ1n) is 19.8. The zero-order valence-corrected chi connectivity index (χ0v) is 31.7. The molecule has 1 aliphatic carbocycles. The third-order valence-corrected chi connectivity index (χ3v) is 13.8. The molecule has 52 heavy (non-hydrogen) atoms. The topological polar surface area (TPSA) is 6.48 Å². The fraction of sp³-hybridized carbons (Fsp3) is 0.306. The summed E-state index contributed by atoms with van der Waals surface area (Å²) in [5.74, 6) is 0. The van der Waals surface area contributed by atoms with Gasteiger partial charge < -0.3 is 9.71 Å². The second-order valence-electron chi connectivity index (χ2n) is 16.9. The highest BCUT2D eigenvalue weighted by molar-refractivity contribution is 6.94. The van der Waals surface area contributed by atoms with Crippen molar-refractivity contribution >= 4 is 51.3 Å². The van der Waals surface area contributed by atoms with Crippen LogP contribution in [0.25, 0.3) is 33.0 Å². The summed E-state index contributed by atoms with van der Waals surface area (Å²) in [4.78, 5) is 5.63. The second kappa shape index (κ2) is 11.4. The van der Waals surface area contributed by atoms with Crippen LogP contribution in [0, 0.1) is 20.8 Å². The van der Waals surface area contributed by atoms with Gasteiger partial charge in [0.2, 0.25) is 0 Å². The fourth-order valence-corrected chi connectivity index (χ4v) is 11.3. The van der Waals surface area contributed by atoms with E-state index in [9.17, 15) is 0 Å². The monoisotopic (exact) mass is 676 g/mol.